The fourth-order valence-electron chi connectivity index (χ4n) is 4.51. The van der Waals surface area contributed by atoms with Gasteiger partial charge >= 0.3 is 6.18 Å². The number of alkyl halides is 3. The van der Waals surface area contributed by atoms with Crippen molar-refractivity contribution in [2.75, 3.05) is 11.5 Å². The number of aromatic nitrogens is 2. The van der Waals surface area contributed by atoms with Crippen molar-refractivity contribution in [3.05, 3.63) is 108 Å². The van der Waals surface area contributed by atoms with Gasteiger partial charge in [-0.1, -0.05) is 12.1 Å². The number of nitrogens with zero attached hydrogens (tertiary/aromatic N) is 3. The highest BCUT2D eigenvalue weighted by atomic mass is 32.1. The Morgan fingerprint density at radius 3 is 2.47 bits per heavy atom. The summed E-state index contributed by atoms with van der Waals surface area (Å²) in [5.41, 5.74) is 2.08. The number of rotatable bonds is 6. The van der Waals surface area contributed by atoms with Crippen molar-refractivity contribution in [3.63, 3.8) is 0 Å². The molecule has 36 heavy (non-hydrogen) atoms. The molecular formula is C27H23F3N4OS. The molecule has 1 aliphatic heterocycles. The molecule has 0 saturated carbocycles. The van der Waals surface area contributed by atoms with Crippen LogP contribution < -0.4 is 15.0 Å². The van der Waals surface area contributed by atoms with Crippen molar-refractivity contribution < 1.29 is 17.9 Å². The van der Waals surface area contributed by atoms with Gasteiger partial charge in [-0.3, -0.25) is 4.98 Å². The molecule has 2 aromatic carbocycles. The number of anilines is 1. The smallest absolute Gasteiger partial charge is 0.416 e. The predicted octanol–water partition coefficient (Wildman–Crippen LogP) is 6.47. The molecule has 4 aromatic rings. The first-order valence-corrected chi connectivity index (χ1v) is 11.9. The molecule has 5 rings (SSSR count). The van der Waals surface area contributed by atoms with Crippen molar-refractivity contribution in [1.82, 2.24) is 14.9 Å². The number of hydrogen-bond acceptors (Lipinski definition) is 3. The topological polar surface area (TPSA) is 42.3 Å². The average Bonchev–Trinajstić information content (AvgIpc) is 3.49. The second kappa shape index (κ2) is 9.66. The van der Waals surface area contributed by atoms with Crippen LogP contribution >= 0.6 is 12.2 Å². The van der Waals surface area contributed by atoms with Gasteiger partial charge in [0.15, 0.2) is 5.11 Å². The lowest BCUT2D eigenvalue weighted by Gasteiger charge is -2.29. The Hall–Kier alpha value is -3.85. The fraction of sp³-hybridized carbons (Fsp3) is 0.185. The highest BCUT2D eigenvalue weighted by molar-refractivity contribution is 7.80. The van der Waals surface area contributed by atoms with Crippen molar-refractivity contribution in [2.45, 2.75) is 25.2 Å². The first-order valence-electron chi connectivity index (χ1n) is 11.4. The van der Waals surface area contributed by atoms with E-state index < -0.39 is 11.7 Å². The molecule has 9 heteroatoms. The monoisotopic (exact) mass is 508 g/mol. The molecule has 0 aliphatic carbocycles. The Bertz CT molecular complexity index is 1360. The number of pyridine rings is 1. The first-order chi connectivity index (χ1) is 17.4. The lowest BCUT2D eigenvalue weighted by Crippen LogP contribution is -2.30. The summed E-state index contributed by atoms with van der Waals surface area (Å²) >= 11 is 5.76. The Balaban J connectivity index is 1.62. The zero-order valence-electron chi connectivity index (χ0n) is 19.3. The Morgan fingerprint density at radius 1 is 0.972 bits per heavy atom. The van der Waals surface area contributed by atoms with Gasteiger partial charge in [0.05, 0.1) is 23.9 Å². The summed E-state index contributed by atoms with van der Waals surface area (Å²) < 4.78 is 47.7. The third kappa shape index (κ3) is 4.54. The van der Waals surface area contributed by atoms with Crippen LogP contribution in [0, 0.1) is 0 Å². The van der Waals surface area contributed by atoms with Crippen LogP contribution in [0.3, 0.4) is 0 Å². The van der Waals surface area contributed by atoms with Crippen molar-refractivity contribution in [2.24, 2.45) is 0 Å². The van der Waals surface area contributed by atoms with Crippen LogP contribution in [0.4, 0.5) is 18.9 Å². The average molecular weight is 509 g/mol. The maximum Gasteiger partial charge on any atom is 0.416 e. The maximum absolute atomic E-state index is 13.5. The van der Waals surface area contributed by atoms with E-state index in [1.807, 2.05) is 66.4 Å². The summed E-state index contributed by atoms with van der Waals surface area (Å²) in [6.07, 6.45) is -0.967. The molecule has 1 aliphatic rings. The van der Waals surface area contributed by atoms with Gasteiger partial charge in [0.25, 0.3) is 0 Å². The Kier molecular flexibility index (Phi) is 6.40. The normalized spacial score (nSPS) is 17.8. The van der Waals surface area contributed by atoms with Gasteiger partial charge in [-0.05, 0) is 85.9 Å². The Labute approximate surface area is 212 Å². The van der Waals surface area contributed by atoms with Gasteiger partial charge in [-0.15, -0.1) is 0 Å². The van der Waals surface area contributed by atoms with E-state index in [0.29, 0.717) is 17.4 Å². The van der Waals surface area contributed by atoms with Gasteiger partial charge < -0.3 is 19.5 Å². The summed E-state index contributed by atoms with van der Waals surface area (Å²) in [5.74, 6) is 0.740. The van der Waals surface area contributed by atoms with Gasteiger partial charge in [-0.2, -0.15) is 13.2 Å². The second-order valence-corrected chi connectivity index (χ2v) is 8.66. The number of nitrogens with one attached hydrogen (secondary N) is 1. The van der Waals surface area contributed by atoms with Crippen molar-refractivity contribution in [3.8, 4) is 11.4 Å². The van der Waals surface area contributed by atoms with E-state index in [4.69, 9.17) is 17.0 Å². The number of halogens is 3. The molecule has 2 atom stereocenters. The van der Waals surface area contributed by atoms with Crippen LogP contribution in [0.5, 0.6) is 5.75 Å². The molecule has 5 nitrogen and oxygen atoms in total. The fourth-order valence-corrected chi connectivity index (χ4v) is 4.85. The minimum atomic E-state index is -4.44. The highest BCUT2D eigenvalue weighted by Crippen LogP contribution is 2.43. The van der Waals surface area contributed by atoms with Crippen LogP contribution in [-0.4, -0.2) is 21.3 Å². The van der Waals surface area contributed by atoms with Gasteiger partial charge in [0.1, 0.15) is 11.8 Å². The molecule has 0 unspecified atom stereocenters. The quantitative estimate of drug-likeness (QED) is 0.303. The first kappa shape index (κ1) is 23.9. The highest BCUT2D eigenvalue weighted by Gasteiger charge is 2.42. The summed E-state index contributed by atoms with van der Waals surface area (Å²) in [5, 5.41) is 3.88. The van der Waals surface area contributed by atoms with E-state index in [2.05, 4.69) is 10.3 Å². The van der Waals surface area contributed by atoms with Crippen LogP contribution in [0.1, 0.15) is 36.0 Å². The number of ether oxygens (including phenoxy) is 1. The standard InChI is InChI=1S/C27H23F3N4OS/c1-2-35-21-13-11-19(12-14-21)34-25(24(32-26(34)36)22-9-3-4-15-31-22)23-10-6-16-33(23)20-8-5-7-18(17-20)27(28,29)30/h3-17,24-25H,2H2,1H3,(H,32,36)/t24-,25-/m0/s1. The third-order valence-electron chi connectivity index (χ3n) is 6.06. The van der Waals surface area contributed by atoms with Gasteiger partial charge in [0.2, 0.25) is 0 Å². The zero-order chi connectivity index (χ0) is 25.3. The lowest BCUT2D eigenvalue weighted by molar-refractivity contribution is -0.137. The molecule has 184 valence electrons. The number of hydrogen-bond donors (Lipinski definition) is 1. The molecule has 0 amide bonds. The van der Waals surface area contributed by atoms with Crippen LogP contribution in [-0.2, 0) is 6.18 Å². The van der Waals surface area contributed by atoms with Gasteiger partial charge in [0, 0.05) is 29.5 Å². The molecule has 1 N–H and O–H groups in total. The van der Waals surface area contributed by atoms with Crippen LogP contribution in [0.15, 0.2) is 91.3 Å². The van der Waals surface area contributed by atoms with E-state index in [9.17, 15) is 13.2 Å². The molecule has 1 saturated heterocycles. The van der Waals surface area contributed by atoms with E-state index >= 15 is 0 Å². The van der Waals surface area contributed by atoms with Crippen molar-refractivity contribution >= 4 is 23.0 Å². The van der Waals surface area contributed by atoms with Gasteiger partial charge in [-0.25, -0.2) is 0 Å². The number of benzene rings is 2. The summed E-state index contributed by atoms with van der Waals surface area (Å²) in [6, 6.07) is 21.6. The van der Waals surface area contributed by atoms with E-state index in [-0.39, 0.29) is 12.1 Å². The van der Waals surface area contributed by atoms with E-state index in [1.54, 1.807) is 23.0 Å². The SMILES string of the molecule is CCOc1ccc(N2C(=S)N[C@@H](c3ccccn3)[C@@H]2c2cccn2-c2cccc(C(F)(F)F)c2)cc1. The number of thiocarbonyl (C=S) groups is 1. The molecule has 2 aromatic heterocycles. The summed E-state index contributed by atoms with van der Waals surface area (Å²) in [4.78, 5) is 6.52. The molecule has 0 bridgehead atoms. The van der Waals surface area contributed by atoms with E-state index in [1.165, 1.54) is 6.07 Å². The second-order valence-electron chi connectivity index (χ2n) is 8.27. The zero-order valence-corrected chi connectivity index (χ0v) is 20.1. The summed E-state index contributed by atoms with van der Waals surface area (Å²) in [6.45, 7) is 2.47. The summed E-state index contributed by atoms with van der Waals surface area (Å²) in [7, 11) is 0. The van der Waals surface area contributed by atoms with Crippen LogP contribution in [0.2, 0.25) is 0 Å². The Morgan fingerprint density at radius 2 is 1.78 bits per heavy atom. The molecular weight excluding hydrogens is 485 g/mol. The maximum atomic E-state index is 13.5. The lowest BCUT2D eigenvalue weighted by atomic mass is 10.0. The minimum absolute atomic E-state index is 0.329. The molecule has 0 radical (unpaired) electrons. The molecule has 0 spiro atoms. The largest absolute Gasteiger partial charge is 0.494 e. The minimum Gasteiger partial charge on any atom is -0.494 e. The van der Waals surface area contributed by atoms with Crippen LogP contribution in [0.25, 0.3) is 5.69 Å². The van der Waals surface area contributed by atoms with Crippen molar-refractivity contribution in [1.29, 1.82) is 0 Å². The molecule has 1 fully saturated rings. The predicted molar refractivity (Wildman–Crippen MR) is 136 cm³/mol. The third-order valence-corrected chi connectivity index (χ3v) is 6.37. The van der Waals surface area contributed by atoms with E-state index in [0.717, 1.165) is 35.0 Å². The molecule has 3 heterocycles.